The molecule has 5 heteroatoms. The topological polar surface area (TPSA) is 67.2 Å². The Kier molecular flexibility index (Phi) is 3.35. The van der Waals surface area contributed by atoms with Crippen LogP contribution in [0.5, 0.6) is 0 Å². The minimum absolute atomic E-state index is 0.141. The summed E-state index contributed by atoms with van der Waals surface area (Å²) in [6, 6.07) is 8.60. The van der Waals surface area contributed by atoms with Crippen LogP contribution in [-0.2, 0) is 4.79 Å². The van der Waals surface area contributed by atoms with Crippen molar-refractivity contribution in [3.05, 3.63) is 24.3 Å². The summed E-state index contributed by atoms with van der Waals surface area (Å²) >= 11 is 0. The number of nitrogens with one attached hydrogen (secondary N) is 2. The van der Waals surface area contributed by atoms with E-state index in [-0.39, 0.29) is 5.91 Å². The summed E-state index contributed by atoms with van der Waals surface area (Å²) in [4.78, 5) is 15.8. The molecule has 19 heavy (non-hydrogen) atoms. The molecule has 0 aliphatic heterocycles. The zero-order valence-corrected chi connectivity index (χ0v) is 10.7. The van der Waals surface area contributed by atoms with E-state index < -0.39 is 0 Å². The van der Waals surface area contributed by atoms with Gasteiger partial charge in [0.25, 0.3) is 6.01 Å². The van der Waals surface area contributed by atoms with Crippen LogP contribution in [0.2, 0.25) is 0 Å². The first-order valence-electron chi connectivity index (χ1n) is 6.70. The molecule has 3 rings (SSSR count). The molecular formula is C14H17N3O2. The lowest BCUT2D eigenvalue weighted by molar-refractivity contribution is -0.121. The van der Waals surface area contributed by atoms with Crippen LogP contribution in [0.25, 0.3) is 11.1 Å². The highest BCUT2D eigenvalue weighted by Crippen LogP contribution is 2.19. The molecule has 5 nitrogen and oxygen atoms in total. The molecule has 0 saturated heterocycles. The van der Waals surface area contributed by atoms with E-state index in [2.05, 4.69) is 15.6 Å². The molecule has 1 heterocycles. The lowest BCUT2D eigenvalue weighted by Crippen LogP contribution is -2.25. The van der Waals surface area contributed by atoms with Crippen molar-refractivity contribution in [1.82, 2.24) is 10.3 Å². The predicted molar refractivity (Wildman–Crippen MR) is 72.9 cm³/mol. The zero-order chi connectivity index (χ0) is 13.1. The molecule has 1 aromatic heterocycles. The van der Waals surface area contributed by atoms with Crippen molar-refractivity contribution in [1.29, 1.82) is 0 Å². The Morgan fingerprint density at radius 1 is 1.37 bits per heavy atom. The maximum absolute atomic E-state index is 11.5. The molecule has 1 aliphatic carbocycles. The summed E-state index contributed by atoms with van der Waals surface area (Å²) in [5, 5.41) is 6.07. The van der Waals surface area contributed by atoms with Crippen LogP contribution in [0, 0.1) is 0 Å². The fraction of sp³-hybridized carbons (Fsp3) is 0.429. The number of carbonyl (C=O) groups excluding carboxylic acids is 1. The fourth-order valence-corrected chi connectivity index (χ4v) is 1.92. The molecular weight excluding hydrogens is 242 g/mol. The zero-order valence-electron chi connectivity index (χ0n) is 10.7. The Morgan fingerprint density at radius 3 is 3.00 bits per heavy atom. The SMILES string of the molecule is O=C(CCCNc1nc2ccccc2o1)NC1CC1. The van der Waals surface area contributed by atoms with Crippen molar-refractivity contribution in [2.24, 2.45) is 0 Å². The van der Waals surface area contributed by atoms with E-state index in [0.717, 1.165) is 30.4 Å². The van der Waals surface area contributed by atoms with Gasteiger partial charge in [0.05, 0.1) is 0 Å². The summed E-state index contributed by atoms with van der Waals surface area (Å²) in [6.45, 7) is 0.685. The smallest absolute Gasteiger partial charge is 0.295 e. The second-order valence-corrected chi connectivity index (χ2v) is 4.86. The number of benzene rings is 1. The molecule has 0 radical (unpaired) electrons. The number of rotatable bonds is 6. The van der Waals surface area contributed by atoms with Crippen molar-refractivity contribution in [3.8, 4) is 0 Å². The highest BCUT2D eigenvalue weighted by atomic mass is 16.4. The molecule has 0 atom stereocenters. The molecule has 100 valence electrons. The molecule has 0 unspecified atom stereocenters. The number of amides is 1. The van der Waals surface area contributed by atoms with Gasteiger partial charge in [0.15, 0.2) is 5.58 Å². The Hall–Kier alpha value is -2.04. The minimum atomic E-state index is 0.141. The van der Waals surface area contributed by atoms with E-state index in [9.17, 15) is 4.79 Å². The summed E-state index contributed by atoms with van der Waals surface area (Å²) in [5.41, 5.74) is 1.62. The van der Waals surface area contributed by atoms with Crippen LogP contribution in [0.3, 0.4) is 0 Å². The Labute approximate surface area is 111 Å². The van der Waals surface area contributed by atoms with Gasteiger partial charge in [0, 0.05) is 19.0 Å². The number of oxazole rings is 1. The average molecular weight is 259 g/mol. The normalized spacial score (nSPS) is 14.5. The average Bonchev–Trinajstić information content (AvgIpc) is 3.11. The van der Waals surface area contributed by atoms with Crippen molar-refractivity contribution in [2.75, 3.05) is 11.9 Å². The van der Waals surface area contributed by atoms with Gasteiger partial charge >= 0.3 is 0 Å². The highest BCUT2D eigenvalue weighted by molar-refractivity contribution is 5.76. The summed E-state index contributed by atoms with van der Waals surface area (Å²) in [7, 11) is 0. The van der Waals surface area contributed by atoms with Gasteiger partial charge in [-0.3, -0.25) is 4.79 Å². The highest BCUT2D eigenvalue weighted by Gasteiger charge is 2.22. The second kappa shape index (κ2) is 5.30. The standard InChI is InChI=1S/C14H17N3O2/c18-13(16-10-7-8-10)6-3-9-15-14-17-11-4-1-2-5-12(11)19-14/h1-2,4-5,10H,3,6-9H2,(H,15,17)(H,16,18). The summed E-state index contributed by atoms with van der Waals surface area (Å²) in [5.74, 6) is 0.141. The van der Waals surface area contributed by atoms with Crippen molar-refractivity contribution < 1.29 is 9.21 Å². The van der Waals surface area contributed by atoms with Gasteiger partial charge in [0.1, 0.15) is 5.52 Å². The van der Waals surface area contributed by atoms with E-state index in [4.69, 9.17) is 4.42 Å². The number of fused-ring (bicyclic) bond motifs is 1. The Balaban J connectivity index is 1.42. The fourth-order valence-electron chi connectivity index (χ4n) is 1.92. The summed E-state index contributed by atoms with van der Waals surface area (Å²) < 4.78 is 5.53. The molecule has 1 amide bonds. The van der Waals surface area contributed by atoms with Crippen LogP contribution in [0.15, 0.2) is 28.7 Å². The molecule has 1 aliphatic rings. The number of nitrogens with zero attached hydrogens (tertiary/aromatic N) is 1. The van der Waals surface area contributed by atoms with Gasteiger partial charge < -0.3 is 15.1 Å². The van der Waals surface area contributed by atoms with Crippen LogP contribution in [0.1, 0.15) is 25.7 Å². The van der Waals surface area contributed by atoms with Crippen molar-refractivity contribution >= 4 is 23.0 Å². The second-order valence-electron chi connectivity index (χ2n) is 4.86. The number of hydrogen-bond acceptors (Lipinski definition) is 4. The molecule has 1 fully saturated rings. The Bertz CT molecular complexity index is 542. The monoisotopic (exact) mass is 259 g/mol. The maximum Gasteiger partial charge on any atom is 0.295 e. The molecule has 0 bridgehead atoms. The third-order valence-electron chi connectivity index (χ3n) is 3.09. The number of aromatic nitrogens is 1. The number of anilines is 1. The number of hydrogen-bond donors (Lipinski definition) is 2. The van der Waals surface area contributed by atoms with E-state index in [1.54, 1.807) is 0 Å². The van der Waals surface area contributed by atoms with Crippen LogP contribution in [0.4, 0.5) is 6.01 Å². The van der Waals surface area contributed by atoms with E-state index >= 15 is 0 Å². The largest absolute Gasteiger partial charge is 0.424 e. The molecule has 2 aromatic rings. The maximum atomic E-state index is 11.5. The van der Waals surface area contributed by atoms with Gasteiger partial charge in [-0.05, 0) is 31.4 Å². The number of carbonyl (C=O) groups is 1. The first-order valence-corrected chi connectivity index (χ1v) is 6.70. The Morgan fingerprint density at radius 2 is 2.21 bits per heavy atom. The van der Waals surface area contributed by atoms with Gasteiger partial charge in [-0.1, -0.05) is 12.1 Å². The molecule has 1 saturated carbocycles. The third-order valence-corrected chi connectivity index (χ3v) is 3.09. The van der Waals surface area contributed by atoms with Crippen molar-refractivity contribution in [2.45, 2.75) is 31.7 Å². The first kappa shape index (κ1) is 12.0. The van der Waals surface area contributed by atoms with Gasteiger partial charge in [-0.2, -0.15) is 4.98 Å². The van der Waals surface area contributed by atoms with Crippen LogP contribution in [-0.4, -0.2) is 23.5 Å². The quantitative estimate of drug-likeness (QED) is 0.781. The molecule has 2 N–H and O–H groups in total. The lowest BCUT2D eigenvalue weighted by atomic mass is 10.3. The van der Waals surface area contributed by atoms with Gasteiger partial charge in [-0.15, -0.1) is 0 Å². The number of para-hydroxylation sites is 2. The molecule has 1 aromatic carbocycles. The predicted octanol–water partition coefficient (Wildman–Crippen LogP) is 2.30. The van der Waals surface area contributed by atoms with Gasteiger partial charge in [-0.25, -0.2) is 0 Å². The van der Waals surface area contributed by atoms with E-state index in [0.29, 0.717) is 25.0 Å². The summed E-state index contributed by atoms with van der Waals surface area (Å²) in [6.07, 6.45) is 3.58. The minimum Gasteiger partial charge on any atom is -0.424 e. The first-order chi connectivity index (χ1) is 9.31. The van der Waals surface area contributed by atoms with Crippen LogP contribution < -0.4 is 10.6 Å². The van der Waals surface area contributed by atoms with Crippen molar-refractivity contribution in [3.63, 3.8) is 0 Å². The van der Waals surface area contributed by atoms with Gasteiger partial charge in [0.2, 0.25) is 5.91 Å². The van der Waals surface area contributed by atoms with E-state index in [1.807, 2.05) is 24.3 Å². The van der Waals surface area contributed by atoms with E-state index in [1.165, 1.54) is 0 Å². The lowest BCUT2D eigenvalue weighted by Gasteiger charge is -2.03. The third kappa shape index (κ3) is 3.24. The van der Waals surface area contributed by atoms with Crippen LogP contribution >= 0.6 is 0 Å². The molecule has 0 spiro atoms.